The first-order valence-corrected chi connectivity index (χ1v) is 6.56. The SMILES string of the molecule is C/C(=C/S)n1c(C(=O)c2ccc(Br)cc2)noc1=O. The molecule has 1 aromatic carbocycles. The fourth-order valence-electron chi connectivity index (χ4n) is 1.49. The summed E-state index contributed by atoms with van der Waals surface area (Å²) in [6, 6.07) is 6.74. The molecule has 2 aromatic rings. The summed E-state index contributed by atoms with van der Waals surface area (Å²) < 4.78 is 6.47. The van der Waals surface area contributed by atoms with Crippen molar-refractivity contribution in [3.63, 3.8) is 0 Å². The Hall–Kier alpha value is -1.60. The first-order valence-electron chi connectivity index (χ1n) is 5.25. The average molecular weight is 341 g/mol. The summed E-state index contributed by atoms with van der Waals surface area (Å²) in [5.41, 5.74) is 0.868. The summed E-state index contributed by atoms with van der Waals surface area (Å²) in [4.78, 5) is 23.8. The molecule has 2 rings (SSSR count). The molecule has 0 N–H and O–H groups in total. The van der Waals surface area contributed by atoms with Crippen molar-refractivity contribution in [1.82, 2.24) is 9.72 Å². The van der Waals surface area contributed by atoms with Gasteiger partial charge in [-0.1, -0.05) is 21.1 Å². The second kappa shape index (κ2) is 5.58. The number of aromatic nitrogens is 2. The van der Waals surface area contributed by atoms with Crippen LogP contribution in [0, 0.1) is 0 Å². The van der Waals surface area contributed by atoms with Crippen molar-refractivity contribution >= 4 is 40.0 Å². The van der Waals surface area contributed by atoms with Gasteiger partial charge < -0.3 is 0 Å². The molecule has 0 saturated heterocycles. The van der Waals surface area contributed by atoms with Crippen molar-refractivity contribution in [2.75, 3.05) is 0 Å². The lowest BCUT2D eigenvalue weighted by atomic mass is 10.1. The molecular weight excluding hydrogens is 332 g/mol. The van der Waals surface area contributed by atoms with Crippen molar-refractivity contribution in [3.8, 4) is 0 Å². The molecule has 0 aliphatic rings. The lowest BCUT2D eigenvalue weighted by Crippen LogP contribution is -2.18. The molecule has 0 radical (unpaired) electrons. The van der Waals surface area contributed by atoms with Crippen LogP contribution in [-0.2, 0) is 0 Å². The van der Waals surface area contributed by atoms with Crippen molar-refractivity contribution in [2.24, 2.45) is 0 Å². The molecule has 0 atom stereocenters. The van der Waals surface area contributed by atoms with Crippen LogP contribution in [0.1, 0.15) is 23.1 Å². The molecule has 0 unspecified atom stereocenters. The summed E-state index contributed by atoms with van der Waals surface area (Å²) >= 11 is 7.24. The van der Waals surface area contributed by atoms with Crippen molar-refractivity contribution in [2.45, 2.75) is 6.92 Å². The highest BCUT2D eigenvalue weighted by Gasteiger charge is 2.20. The van der Waals surface area contributed by atoms with E-state index < -0.39 is 11.5 Å². The van der Waals surface area contributed by atoms with E-state index in [1.807, 2.05) is 0 Å². The fourth-order valence-corrected chi connectivity index (χ4v) is 1.87. The number of thiol groups is 1. The highest BCUT2D eigenvalue weighted by atomic mass is 79.9. The van der Waals surface area contributed by atoms with Gasteiger partial charge >= 0.3 is 5.76 Å². The summed E-state index contributed by atoms with van der Waals surface area (Å²) in [6.45, 7) is 1.63. The van der Waals surface area contributed by atoms with Gasteiger partial charge in [-0.05, 0) is 36.6 Å². The van der Waals surface area contributed by atoms with Crippen LogP contribution in [0.2, 0.25) is 0 Å². The molecule has 0 aliphatic heterocycles. The van der Waals surface area contributed by atoms with Crippen molar-refractivity contribution in [3.05, 3.63) is 56.1 Å². The molecule has 0 amide bonds. The normalized spacial score (nSPS) is 11.6. The topological polar surface area (TPSA) is 65.1 Å². The van der Waals surface area contributed by atoms with Crippen LogP contribution in [0.4, 0.5) is 0 Å². The zero-order chi connectivity index (χ0) is 14.0. The smallest absolute Gasteiger partial charge is 0.295 e. The van der Waals surface area contributed by atoms with E-state index in [0.29, 0.717) is 11.3 Å². The van der Waals surface area contributed by atoms with Crippen LogP contribution < -0.4 is 5.76 Å². The first-order chi connectivity index (χ1) is 9.04. The quantitative estimate of drug-likeness (QED) is 0.688. The van der Waals surface area contributed by atoms with Crippen LogP contribution in [-0.4, -0.2) is 15.5 Å². The standard InChI is InChI=1S/C12H9BrN2O3S/c1-7(6-19)15-11(14-18-12(15)17)10(16)8-2-4-9(13)5-3-8/h2-6,19H,1H3/b7-6-. The Balaban J connectivity index is 2.51. The highest BCUT2D eigenvalue weighted by Crippen LogP contribution is 2.14. The number of halogens is 1. The second-order valence-electron chi connectivity index (χ2n) is 3.71. The Morgan fingerprint density at radius 3 is 2.63 bits per heavy atom. The number of hydrogen-bond acceptors (Lipinski definition) is 5. The maximum absolute atomic E-state index is 12.3. The maximum Gasteiger partial charge on any atom is 0.446 e. The van der Waals surface area contributed by atoms with Crippen LogP contribution >= 0.6 is 28.6 Å². The predicted molar refractivity (Wildman–Crippen MR) is 77.3 cm³/mol. The van der Waals surface area contributed by atoms with E-state index >= 15 is 0 Å². The molecule has 0 fully saturated rings. The molecule has 0 bridgehead atoms. The zero-order valence-electron chi connectivity index (χ0n) is 9.83. The van der Waals surface area contributed by atoms with E-state index in [0.717, 1.165) is 9.04 Å². The van der Waals surface area contributed by atoms with E-state index in [-0.39, 0.29) is 5.82 Å². The Morgan fingerprint density at radius 1 is 1.42 bits per heavy atom. The number of nitrogens with zero attached hydrogens (tertiary/aromatic N) is 2. The van der Waals surface area contributed by atoms with E-state index in [9.17, 15) is 9.59 Å². The van der Waals surface area contributed by atoms with Crippen LogP contribution in [0.15, 0.2) is 43.5 Å². The van der Waals surface area contributed by atoms with Crippen molar-refractivity contribution in [1.29, 1.82) is 0 Å². The Morgan fingerprint density at radius 2 is 2.05 bits per heavy atom. The molecule has 5 nitrogen and oxygen atoms in total. The molecule has 0 saturated carbocycles. The third-order valence-electron chi connectivity index (χ3n) is 2.45. The third-order valence-corrected chi connectivity index (χ3v) is 3.36. The molecule has 98 valence electrons. The van der Waals surface area contributed by atoms with Crippen LogP contribution in [0.25, 0.3) is 5.70 Å². The average Bonchev–Trinajstić information content (AvgIpc) is 2.80. The number of benzene rings is 1. The fraction of sp³-hybridized carbons (Fsp3) is 0.0833. The Labute approximate surface area is 122 Å². The Kier molecular flexibility index (Phi) is 4.06. The van der Waals surface area contributed by atoms with E-state index in [2.05, 4.69) is 38.2 Å². The van der Waals surface area contributed by atoms with E-state index in [1.54, 1.807) is 31.2 Å². The number of carbonyl (C=O) groups excluding carboxylic acids is 1. The summed E-state index contributed by atoms with van der Waals surface area (Å²) in [5, 5.41) is 4.92. The predicted octanol–water partition coefficient (Wildman–Crippen LogP) is 2.58. The lowest BCUT2D eigenvalue weighted by Gasteiger charge is -2.03. The van der Waals surface area contributed by atoms with Crippen LogP contribution in [0.3, 0.4) is 0 Å². The summed E-state index contributed by atoms with van der Waals surface area (Å²) in [6.07, 6.45) is 0. The number of carbonyl (C=O) groups is 1. The summed E-state index contributed by atoms with van der Waals surface area (Å²) in [5.74, 6) is -1.19. The Bertz CT molecular complexity index is 701. The zero-order valence-corrected chi connectivity index (χ0v) is 12.3. The molecule has 1 aromatic heterocycles. The van der Waals surface area contributed by atoms with Crippen LogP contribution in [0.5, 0.6) is 0 Å². The number of rotatable bonds is 3. The van der Waals surface area contributed by atoms with Gasteiger partial charge in [0.2, 0.25) is 11.6 Å². The largest absolute Gasteiger partial charge is 0.446 e. The van der Waals surface area contributed by atoms with E-state index in [4.69, 9.17) is 0 Å². The molecule has 0 spiro atoms. The van der Waals surface area contributed by atoms with Gasteiger partial charge in [-0.3, -0.25) is 9.32 Å². The number of ketones is 1. The van der Waals surface area contributed by atoms with Gasteiger partial charge in [-0.2, -0.15) is 0 Å². The molecule has 1 heterocycles. The molecule has 19 heavy (non-hydrogen) atoms. The minimum atomic E-state index is -0.719. The molecule has 7 heteroatoms. The second-order valence-corrected chi connectivity index (χ2v) is 4.89. The summed E-state index contributed by atoms with van der Waals surface area (Å²) in [7, 11) is 0. The van der Waals surface area contributed by atoms with Gasteiger partial charge in [0.05, 0.1) is 0 Å². The van der Waals surface area contributed by atoms with Gasteiger partial charge in [-0.25, -0.2) is 9.36 Å². The number of hydrogen-bond donors (Lipinski definition) is 1. The number of allylic oxidation sites excluding steroid dienone is 1. The van der Waals surface area contributed by atoms with Gasteiger partial charge in [0.1, 0.15) is 0 Å². The molecular formula is C12H9BrN2O3S. The van der Waals surface area contributed by atoms with Crippen molar-refractivity contribution < 1.29 is 9.32 Å². The van der Waals surface area contributed by atoms with Gasteiger partial charge in [0.15, 0.2) is 0 Å². The minimum Gasteiger partial charge on any atom is -0.295 e. The maximum atomic E-state index is 12.3. The third kappa shape index (κ3) is 2.71. The lowest BCUT2D eigenvalue weighted by molar-refractivity contribution is 0.102. The van der Waals surface area contributed by atoms with E-state index in [1.165, 1.54) is 5.41 Å². The monoisotopic (exact) mass is 340 g/mol. The van der Waals surface area contributed by atoms with Gasteiger partial charge in [0.25, 0.3) is 0 Å². The highest BCUT2D eigenvalue weighted by molar-refractivity contribution is 9.10. The molecule has 0 aliphatic carbocycles. The van der Waals surface area contributed by atoms with Gasteiger partial charge in [-0.15, -0.1) is 12.6 Å². The van der Waals surface area contributed by atoms with Gasteiger partial charge in [0, 0.05) is 15.7 Å². The minimum absolute atomic E-state index is 0.0740. The first kappa shape index (κ1) is 13.8.